The van der Waals surface area contributed by atoms with Crippen LogP contribution in [0.2, 0.25) is 0 Å². The number of carbonyl (C=O) groups excluding carboxylic acids is 1. The lowest BCUT2D eigenvalue weighted by Crippen LogP contribution is -2.50. The molecule has 2 fully saturated rings. The highest BCUT2D eigenvalue weighted by molar-refractivity contribution is 5.80. The molecule has 2 saturated carbocycles. The van der Waals surface area contributed by atoms with Crippen LogP contribution in [0.4, 0.5) is 0 Å². The molecule has 4 aliphatic carbocycles. The van der Waals surface area contributed by atoms with E-state index in [4.69, 9.17) is 21.2 Å². The van der Waals surface area contributed by atoms with E-state index in [1.54, 1.807) is 0 Å². The van der Waals surface area contributed by atoms with Gasteiger partial charge in [0, 0.05) is 17.5 Å². The predicted octanol–water partition coefficient (Wildman–Crippen LogP) is 5.43. The maximum Gasteiger partial charge on any atom is 0.323 e. The van der Waals surface area contributed by atoms with Gasteiger partial charge in [-0.3, -0.25) is 4.79 Å². The fraction of sp³-hybridized carbons (Fsp3) is 0.613. The van der Waals surface area contributed by atoms with Crippen molar-refractivity contribution in [1.82, 2.24) is 9.55 Å². The molecule has 6 nitrogen and oxygen atoms in total. The van der Waals surface area contributed by atoms with Gasteiger partial charge in [0.05, 0.1) is 11.0 Å². The van der Waals surface area contributed by atoms with Crippen molar-refractivity contribution < 1.29 is 9.53 Å². The maximum atomic E-state index is 12.5. The summed E-state index contributed by atoms with van der Waals surface area (Å²) in [6.45, 7) is 5.55. The Morgan fingerprint density at radius 2 is 1.95 bits per heavy atom. The monoisotopic (exact) mass is 502 g/mol. The second-order valence-electron chi connectivity index (χ2n) is 12.5. The molecule has 0 amide bonds. The fourth-order valence-corrected chi connectivity index (χ4v) is 8.50. The third-order valence-corrected chi connectivity index (χ3v) is 10.6. The van der Waals surface area contributed by atoms with Crippen molar-refractivity contribution in [1.29, 1.82) is 0 Å². The number of rotatable bonds is 6. The van der Waals surface area contributed by atoms with Gasteiger partial charge in [-0.25, -0.2) is 4.98 Å². The topological polar surface area (TPSA) is 96.2 Å². The Bertz CT molecular complexity index is 1250. The van der Waals surface area contributed by atoms with Gasteiger partial charge in [0.2, 0.25) is 0 Å². The summed E-state index contributed by atoms with van der Waals surface area (Å²) in [7, 11) is 0. The third-order valence-electron chi connectivity index (χ3n) is 10.6. The van der Waals surface area contributed by atoms with Crippen LogP contribution in [-0.2, 0) is 9.53 Å². The lowest BCUT2D eigenvalue weighted by molar-refractivity contribution is -0.153. The Kier molecular flexibility index (Phi) is 6.31. The zero-order valence-electron chi connectivity index (χ0n) is 22.4. The highest BCUT2D eigenvalue weighted by Gasteiger charge is 2.57. The Hall–Kier alpha value is -2.44. The van der Waals surface area contributed by atoms with Crippen molar-refractivity contribution in [2.45, 2.75) is 83.8 Å². The van der Waals surface area contributed by atoms with E-state index >= 15 is 0 Å². The van der Waals surface area contributed by atoms with Gasteiger partial charge in [-0.05, 0) is 93.2 Å². The minimum atomic E-state index is -0.561. The van der Waals surface area contributed by atoms with Crippen LogP contribution >= 0.6 is 0 Å². The van der Waals surface area contributed by atoms with Crippen molar-refractivity contribution in [3.05, 3.63) is 48.3 Å². The van der Waals surface area contributed by atoms with E-state index < -0.39 is 6.04 Å². The number of imidazole rings is 1. The van der Waals surface area contributed by atoms with E-state index in [2.05, 4.69) is 54.8 Å². The Balaban J connectivity index is 1.19. The molecular formula is C31H42N4O2. The van der Waals surface area contributed by atoms with E-state index in [1.807, 2.05) is 6.33 Å². The van der Waals surface area contributed by atoms with Gasteiger partial charge < -0.3 is 20.8 Å². The van der Waals surface area contributed by atoms with Crippen LogP contribution in [0.1, 0.15) is 71.6 Å². The third kappa shape index (κ3) is 3.99. The number of para-hydroxylation sites is 2. The van der Waals surface area contributed by atoms with E-state index in [9.17, 15) is 4.79 Å². The molecule has 0 saturated heterocycles. The first-order chi connectivity index (χ1) is 17.8. The molecule has 4 N–H and O–H groups in total. The molecule has 1 aromatic carbocycles. The first-order valence-electron chi connectivity index (χ1n) is 14.3. The minimum Gasteiger partial charge on any atom is -0.461 e. The molecule has 6 rings (SSSR count). The standard InChI is InChI=1S/C31H42N4O2/c1-30-15-13-21(37-29(36)25(33)6-5-17-32)18-20(30)9-10-22-23-11-12-28(31(23,2)16-14-24(22)30)35-19-34-26-7-3-4-8-27(26)35/h3-4,7-9,12,19,21-25H,5-6,10-11,13-18,32-33H2,1-2H3. The molecule has 1 aromatic heterocycles. The van der Waals surface area contributed by atoms with Gasteiger partial charge in [-0.2, -0.15) is 0 Å². The summed E-state index contributed by atoms with van der Waals surface area (Å²) in [6.07, 6.45) is 16.0. The number of esters is 1. The molecule has 0 spiro atoms. The second kappa shape index (κ2) is 9.39. The number of hydrogen-bond donors (Lipinski definition) is 2. The zero-order chi connectivity index (χ0) is 25.8. The van der Waals surface area contributed by atoms with Crippen LogP contribution in [0.5, 0.6) is 0 Å². The average molecular weight is 503 g/mol. The molecule has 2 aromatic rings. The van der Waals surface area contributed by atoms with Crippen molar-refractivity contribution in [3.63, 3.8) is 0 Å². The van der Waals surface area contributed by atoms with E-state index in [0.29, 0.717) is 30.7 Å². The lowest BCUT2D eigenvalue weighted by Gasteiger charge is -2.57. The summed E-state index contributed by atoms with van der Waals surface area (Å²) in [5.41, 5.74) is 17.3. The molecule has 0 bridgehead atoms. The molecule has 37 heavy (non-hydrogen) atoms. The number of allylic oxidation sites excluding steroid dienone is 3. The number of nitrogens with zero attached hydrogens (tertiary/aromatic N) is 2. The van der Waals surface area contributed by atoms with Crippen LogP contribution < -0.4 is 11.5 Å². The number of carbonyl (C=O) groups is 1. The number of ether oxygens (including phenoxy) is 1. The Morgan fingerprint density at radius 1 is 1.14 bits per heavy atom. The van der Waals surface area contributed by atoms with Gasteiger partial charge in [0.25, 0.3) is 0 Å². The van der Waals surface area contributed by atoms with E-state index in [1.165, 1.54) is 29.6 Å². The van der Waals surface area contributed by atoms with Crippen LogP contribution in [0, 0.1) is 28.6 Å². The van der Waals surface area contributed by atoms with Gasteiger partial charge in [0.1, 0.15) is 18.5 Å². The second-order valence-corrected chi connectivity index (χ2v) is 12.5. The SMILES string of the molecule is CC12CCC(OC(=O)C(N)CCCN)CC1=CCC1C2CCC2(C)C(n3cnc4ccccc43)=CCC12. The van der Waals surface area contributed by atoms with Gasteiger partial charge >= 0.3 is 5.97 Å². The number of hydrogen-bond acceptors (Lipinski definition) is 5. The molecule has 6 heteroatoms. The first kappa shape index (κ1) is 24.9. The Labute approximate surface area is 220 Å². The normalized spacial score (nSPS) is 35.7. The predicted molar refractivity (Wildman–Crippen MR) is 147 cm³/mol. The summed E-state index contributed by atoms with van der Waals surface area (Å²) in [4.78, 5) is 17.2. The van der Waals surface area contributed by atoms with Crippen molar-refractivity contribution in [2.24, 2.45) is 40.1 Å². The molecule has 7 unspecified atom stereocenters. The maximum absolute atomic E-state index is 12.5. The Morgan fingerprint density at radius 3 is 2.78 bits per heavy atom. The van der Waals surface area contributed by atoms with E-state index in [-0.39, 0.29) is 22.9 Å². The van der Waals surface area contributed by atoms with Crippen LogP contribution in [0.15, 0.2) is 48.3 Å². The summed E-state index contributed by atoms with van der Waals surface area (Å²) in [6, 6.07) is 7.92. The lowest BCUT2D eigenvalue weighted by atomic mass is 9.47. The summed E-state index contributed by atoms with van der Waals surface area (Å²) < 4.78 is 8.25. The highest BCUT2D eigenvalue weighted by atomic mass is 16.5. The first-order valence-corrected chi connectivity index (χ1v) is 14.3. The van der Waals surface area contributed by atoms with Gasteiger partial charge in [-0.1, -0.05) is 43.7 Å². The molecule has 198 valence electrons. The van der Waals surface area contributed by atoms with Gasteiger partial charge in [-0.15, -0.1) is 0 Å². The molecule has 4 aliphatic rings. The number of fused-ring (bicyclic) bond motifs is 6. The van der Waals surface area contributed by atoms with Crippen LogP contribution in [0.3, 0.4) is 0 Å². The molecule has 1 heterocycles. The smallest absolute Gasteiger partial charge is 0.323 e. The summed E-state index contributed by atoms with van der Waals surface area (Å²) in [5.74, 6) is 1.79. The number of nitrogens with two attached hydrogens (primary N) is 2. The largest absolute Gasteiger partial charge is 0.461 e. The average Bonchev–Trinajstić information content (AvgIpc) is 3.47. The van der Waals surface area contributed by atoms with Crippen molar-refractivity contribution in [3.8, 4) is 0 Å². The van der Waals surface area contributed by atoms with Crippen LogP contribution in [-0.4, -0.2) is 34.2 Å². The number of benzene rings is 1. The summed E-state index contributed by atoms with van der Waals surface area (Å²) >= 11 is 0. The highest BCUT2D eigenvalue weighted by Crippen LogP contribution is 2.65. The quantitative estimate of drug-likeness (QED) is 0.406. The van der Waals surface area contributed by atoms with E-state index in [0.717, 1.165) is 44.0 Å². The minimum absolute atomic E-state index is 0.0459. The molecular weight excluding hydrogens is 460 g/mol. The molecule has 0 radical (unpaired) electrons. The molecule has 7 atom stereocenters. The van der Waals surface area contributed by atoms with Crippen LogP contribution in [0.25, 0.3) is 16.7 Å². The fourth-order valence-electron chi connectivity index (χ4n) is 8.50. The number of aromatic nitrogens is 2. The van der Waals surface area contributed by atoms with Crippen molar-refractivity contribution in [2.75, 3.05) is 6.54 Å². The molecule has 0 aliphatic heterocycles. The van der Waals surface area contributed by atoms with Gasteiger partial charge in [0.15, 0.2) is 0 Å². The zero-order valence-corrected chi connectivity index (χ0v) is 22.4. The summed E-state index contributed by atoms with van der Waals surface area (Å²) in [5, 5.41) is 0. The van der Waals surface area contributed by atoms with Crippen molar-refractivity contribution >= 4 is 22.7 Å².